The van der Waals surface area contributed by atoms with Crippen molar-refractivity contribution in [1.82, 2.24) is 19.9 Å². The Morgan fingerprint density at radius 1 is 0.857 bits per heavy atom. The number of fused-ring (bicyclic) bond motifs is 1. The van der Waals surface area contributed by atoms with E-state index < -0.39 is 0 Å². The first-order chi connectivity index (χ1) is 13.9. The van der Waals surface area contributed by atoms with E-state index in [1.54, 1.807) is 0 Å². The van der Waals surface area contributed by atoms with Crippen molar-refractivity contribution in [3.8, 4) is 11.4 Å². The lowest BCUT2D eigenvalue weighted by molar-refractivity contribution is 0.250. The maximum absolute atomic E-state index is 4.78. The van der Waals surface area contributed by atoms with Gasteiger partial charge >= 0.3 is 0 Å². The Hall–Kier alpha value is -3.18. The number of pyridine rings is 1. The summed E-state index contributed by atoms with van der Waals surface area (Å²) in [5.41, 5.74) is 5.69. The van der Waals surface area contributed by atoms with Gasteiger partial charge in [-0.05, 0) is 23.8 Å². The molecule has 0 atom stereocenters. The Bertz CT molecular complexity index is 1030. The van der Waals surface area contributed by atoms with Gasteiger partial charge in [-0.3, -0.25) is 9.88 Å². The van der Waals surface area contributed by atoms with Crippen molar-refractivity contribution in [3.63, 3.8) is 0 Å². The van der Waals surface area contributed by atoms with Crippen molar-refractivity contribution >= 4 is 16.7 Å². The summed E-state index contributed by atoms with van der Waals surface area (Å²) in [5.74, 6) is 0.885. The van der Waals surface area contributed by atoms with Gasteiger partial charge in [-0.2, -0.15) is 0 Å². The number of nitrogens with one attached hydrogen (secondary N) is 1. The van der Waals surface area contributed by atoms with E-state index in [9.17, 15) is 0 Å². The van der Waals surface area contributed by atoms with Crippen LogP contribution >= 0.6 is 0 Å². The van der Waals surface area contributed by atoms with Crippen LogP contribution in [0.4, 0.5) is 5.69 Å². The van der Waals surface area contributed by atoms with Crippen LogP contribution < -0.4 is 4.90 Å². The Morgan fingerprint density at radius 2 is 1.64 bits per heavy atom. The predicted molar refractivity (Wildman–Crippen MR) is 113 cm³/mol. The Kier molecular flexibility index (Phi) is 4.51. The molecule has 1 aliphatic heterocycles. The molecule has 1 N–H and O–H groups in total. The van der Waals surface area contributed by atoms with E-state index in [0.29, 0.717) is 0 Å². The zero-order valence-corrected chi connectivity index (χ0v) is 15.8. The van der Waals surface area contributed by atoms with Gasteiger partial charge in [0.25, 0.3) is 0 Å². The minimum atomic E-state index is 0.885. The predicted octanol–water partition coefficient (Wildman–Crippen LogP) is 3.95. The summed E-state index contributed by atoms with van der Waals surface area (Å²) >= 11 is 0. The number of aromatic amines is 1. The molecule has 0 aliphatic carbocycles. The molecule has 2 aromatic heterocycles. The van der Waals surface area contributed by atoms with Crippen LogP contribution in [0, 0.1) is 0 Å². The number of para-hydroxylation sites is 2. The maximum Gasteiger partial charge on any atom is 0.142 e. The molecule has 4 aromatic rings. The summed E-state index contributed by atoms with van der Waals surface area (Å²) in [4.78, 5) is 17.6. The van der Waals surface area contributed by atoms with E-state index in [2.05, 4.69) is 62.2 Å². The summed E-state index contributed by atoms with van der Waals surface area (Å²) in [6.07, 6.45) is 3.79. The summed E-state index contributed by atoms with van der Waals surface area (Å²) in [5, 5.41) is 0. The molecule has 1 aliphatic rings. The van der Waals surface area contributed by atoms with E-state index in [4.69, 9.17) is 4.98 Å². The Balaban J connectivity index is 1.35. The molecular formula is C23H23N5. The number of nitrogens with zero attached hydrogens (tertiary/aromatic N) is 4. The van der Waals surface area contributed by atoms with Gasteiger partial charge in [0.05, 0.1) is 22.3 Å². The highest BCUT2D eigenvalue weighted by atomic mass is 15.3. The third-order valence-corrected chi connectivity index (χ3v) is 5.40. The lowest BCUT2D eigenvalue weighted by atomic mass is 10.1. The fraction of sp³-hybridized carbons (Fsp3) is 0.217. The smallest absolute Gasteiger partial charge is 0.142 e. The van der Waals surface area contributed by atoms with Gasteiger partial charge in [0.1, 0.15) is 5.82 Å². The molecule has 0 unspecified atom stereocenters. The number of anilines is 1. The van der Waals surface area contributed by atoms with Crippen molar-refractivity contribution in [2.45, 2.75) is 6.54 Å². The highest BCUT2D eigenvalue weighted by molar-refractivity contribution is 5.82. The third-order valence-electron chi connectivity index (χ3n) is 5.40. The first-order valence-corrected chi connectivity index (χ1v) is 9.77. The zero-order chi connectivity index (χ0) is 18.8. The number of piperazine rings is 1. The monoisotopic (exact) mass is 369 g/mol. The number of hydrogen-bond acceptors (Lipinski definition) is 4. The lowest BCUT2D eigenvalue weighted by Crippen LogP contribution is -2.46. The second-order valence-corrected chi connectivity index (χ2v) is 7.24. The number of imidazole rings is 1. The van der Waals surface area contributed by atoms with Crippen LogP contribution in [0.25, 0.3) is 22.4 Å². The van der Waals surface area contributed by atoms with Crippen molar-refractivity contribution in [2.24, 2.45) is 0 Å². The SMILES string of the molecule is c1ccc(CN2CCN(c3ccncc3-c3nc4ccccc4[nH]3)CC2)cc1. The third kappa shape index (κ3) is 3.37. The molecule has 140 valence electrons. The number of benzene rings is 2. The number of rotatable bonds is 4. The average Bonchev–Trinajstić information content (AvgIpc) is 3.19. The fourth-order valence-corrected chi connectivity index (χ4v) is 3.91. The molecule has 28 heavy (non-hydrogen) atoms. The quantitative estimate of drug-likeness (QED) is 0.592. The van der Waals surface area contributed by atoms with Gasteiger partial charge in [0, 0.05) is 45.1 Å². The van der Waals surface area contributed by atoms with E-state index in [-0.39, 0.29) is 0 Å². The van der Waals surface area contributed by atoms with Crippen LogP contribution in [0.15, 0.2) is 73.1 Å². The highest BCUT2D eigenvalue weighted by Crippen LogP contribution is 2.30. The largest absolute Gasteiger partial charge is 0.368 e. The number of H-pyrrole nitrogens is 1. The van der Waals surface area contributed by atoms with Crippen LogP contribution in [0.1, 0.15) is 5.56 Å². The number of hydrogen-bond donors (Lipinski definition) is 1. The normalized spacial score (nSPS) is 15.2. The summed E-state index contributed by atoms with van der Waals surface area (Å²) < 4.78 is 0. The topological polar surface area (TPSA) is 48.1 Å². The molecule has 5 rings (SSSR count). The van der Waals surface area contributed by atoms with Crippen LogP contribution in [-0.2, 0) is 6.54 Å². The summed E-state index contributed by atoms with van der Waals surface area (Å²) in [6, 6.07) is 21.0. The van der Waals surface area contributed by atoms with Crippen LogP contribution in [0.2, 0.25) is 0 Å². The van der Waals surface area contributed by atoms with Gasteiger partial charge in [0.15, 0.2) is 0 Å². The first kappa shape index (κ1) is 17.0. The molecule has 5 nitrogen and oxygen atoms in total. The van der Waals surface area contributed by atoms with Crippen LogP contribution in [-0.4, -0.2) is 46.0 Å². The average molecular weight is 369 g/mol. The molecule has 0 saturated carbocycles. The highest BCUT2D eigenvalue weighted by Gasteiger charge is 2.21. The van der Waals surface area contributed by atoms with Crippen molar-refractivity contribution in [2.75, 3.05) is 31.1 Å². The van der Waals surface area contributed by atoms with Crippen molar-refractivity contribution in [3.05, 3.63) is 78.6 Å². The fourth-order valence-electron chi connectivity index (χ4n) is 3.91. The molecule has 3 heterocycles. The summed E-state index contributed by atoms with van der Waals surface area (Å²) in [7, 11) is 0. The zero-order valence-electron chi connectivity index (χ0n) is 15.8. The van der Waals surface area contributed by atoms with E-state index in [1.165, 1.54) is 11.3 Å². The minimum absolute atomic E-state index is 0.885. The standard InChI is InChI=1S/C23H23N5/c1-2-6-18(7-3-1)17-27-12-14-28(15-13-27)22-10-11-24-16-19(22)23-25-20-8-4-5-9-21(20)26-23/h1-11,16H,12-15,17H2,(H,25,26). The molecule has 0 radical (unpaired) electrons. The summed E-state index contributed by atoms with van der Waals surface area (Å²) in [6.45, 7) is 5.13. The molecule has 5 heteroatoms. The molecular weight excluding hydrogens is 346 g/mol. The van der Waals surface area contributed by atoms with Crippen LogP contribution in [0.3, 0.4) is 0 Å². The van der Waals surface area contributed by atoms with Gasteiger partial charge in [-0.15, -0.1) is 0 Å². The molecule has 0 amide bonds. The first-order valence-electron chi connectivity index (χ1n) is 9.77. The molecule has 1 saturated heterocycles. The number of aromatic nitrogens is 3. The molecule has 1 fully saturated rings. The van der Waals surface area contributed by atoms with Gasteiger partial charge in [-0.1, -0.05) is 42.5 Å². The Morgan fingerprint density at radius 3 is 2.46 bits per heavy atom. The van der Waals surface area contributed by atoms with E-state index in [0.717, 1.165) is 55.1 Å². The second kappa shape index (κ2) is 7.44. The minimum Gasteiger partial charge on any atom is -0.368 e. The van der Waals surface area contributed by atoms with Crippen LogP contribution in [0.5, 0.6) is 0 Å². The maximum atomic E-state index is 4.78. The van der Waals surface area contributed by atoms with E-state index >= 15 is 0 Å². The van der Waals surface area contributed by atoms with Crippen molar-refractivity contribution < 1.29 is 0 Å². The van der Waals surface area contributed by atoms with Crippen molar-refractivity contribution in [1.29, 1.82) is 0 Å². The van der Waals surface area contributed by atoms with Gasteiger partial charge in [-0.25, -0.2) is 4.98 Å². The molecule has 0 spiro atoms. The Labute approximate surface area is 164 Å². The van der Waals surface area contributed by atoms with Gasteiger partial charge < -0.3 is 9.88 Å². The molecule has 0 bridgehead atoms. The lowest BCUT2D eigenvalue weighted by Gasteiger charge is -2.36. The van der Waals surface area contributed by atoms with E-state index in [1.807, 2.05) is 30.6 Å². The second-order valence-electron chi connectivity index (χ2n) is 7.24. The molecule has 2 aromatic carbocycles. The van der Waals surface area contributed by atoms with Gasteiger partial charge in [0.2, 0.25) is 0 Å².